The molecule has 0 aromatic carbocycles. The Balaban J connectivity index is -0.000000224. The van der Waals surface area contributed by atoms with Gasteiger partial charge in [-0.3, -0.25) is 19.2 Å². The number of nitrogens with one attached hydrogen (secondary N) is 2. The molecule has 11 heteroatoms. The van der Waals surface area contributed by atoms with Crippen LogP contribution in [0.4, 0.5) is 0 Å². The Morgan fingerprint density at radius 2 is 1.41 bits per heavy atom. The van der Waals surface area contributed by atoms with Crippen LogP contribution in [0.25, 0.3) is 0 Å². The molecule has 0 aliphatic carbocycles. The summed E-state index contributed by atoms with van der Waals surface area (Å²) in [7, 11) is 0.750. The van der Waals surface area contributed by atoms with Crippen molar-refractivity contribution in [3.63, 3.8) is 0 Å². The molecule has 0 aliphatic heterocycles. The van der Waals surface area contributed by atoms with Crippen LogP contribution in [0, 0.1) is 0 Å². The van der Waals surface area contributed by atoms with Gasteiger partial charge in [-0.2, -0.15) is 7.11 Å². The molecule has 184 valence electrons. The SMILES string of the molecule is CCC(CC(C)NC=O)OC(C)=O.CCC(O)CC(CC(C)OC(C)=O)NC=O.C[O-].[Na+]. The molecular weight excluding hydrogens is 431 g/mol. The fourth-order valence-electron chi connectivity index (χ4n) is 2.67. The van der Waals surface area contributed by atoms with E-state index in [2.05, 4.69) is 10.6 Å². The van der Waals surface area contributed by atoms with Gasteiger partial charge in [0.15, 0.2) is 0 Å². The van der Waals surface area contributed by atoms with Crippen molar-refractivity contribution in [1.29, 1.82) is 0 Å². The molecule has 5 unspecified atom stereocenters. The van der Waals surface area contributed by atoms with Crippen LogP contribution in [0.15, 0.2) is 0 Å². The third kappa shape index (κ3) is 26.8. The minimum Gasteiger partial charge on any atom is -0.857 e. The fraction of sp³-hybridized carbons (Fsp3) is 0.810. The standard InChI is InChI=1S/C11H21NO4.C9H17NO3.CH3O.Na/c1-4-11(15)6-10(12-7-13)5-8(2)16-9(3)14;1-4-9(13-8(3)12)5-7(2)10-6-11;1-2;/h7-8,10-11,15H,4-6H2,1-3H3,(H,12,13);6-7,9H,4-5H2,1-3H3,(H,10,11);1H3;/q;;-1;+1. The van der Waals surface area contributed by atoms with Gasteiger partial charge >= 0.3 is 41.5 Å². The van der Waals surface area contributed by atoms with Crippen LogP contribution in [0.2, 0.25) is 0 Å². The van der Waals surface area contributed by atoms with E-state index in [1.807, 2.05) is 20.8 Å². The van der Waals surface area contributed by atoms with E-state index in [9.17, 15) is 24.3 Å². The summed E-state index contributed by atoms with van der Waals surface area (Å²) in [6.45, 7) is 10.2. The molecule has 0 radical (unpaired) electrons. The second-order valence-electron chi connectivity index (χ2n) is 7.00. The molecule has 0 saturated carbocycles. The number of aliphatic hydroxyl groups is 1. The first kappa shape index (κ1) is 38.1. The molecule has 0 fully saturated rings. The number of esters is 2. The zero-order chi connectivity index (χ0) is 24.8. The van der Waals surface area contributed by atoms with Crippen molar-refractivity contribution in [3.05, 3.63) is 0 Å². The summed E-state index contributed by atoms with van der Waals surface area (Å²) in [5.74, 6) is -0.612. The van der Waals surface area contributed by atoms with Crippen LogP contribution in [-0.2, 0) is 28.7 Å². The molecule has 5 atom stereocenters. The fourth-order valence-corrected chi connectivity index (χ4v) is 2.67. The predicted molar refractivity (Wildman–Crippen MR) is 115 cm³/mol. The number of carbonyl (C=O) groups is 4. The van der Waals surface area contributed by atoms with E-state index in [0.717, 1.165) is 13.5 Å². The number of amides is 2. The van der Waals surface area contributed by atoms with Gasteiger partial charge in [0, 0.05) is 38.8 Å². The topological polar surface area (TPSA) is 154 Å². The maximum atomic E-state index is 10.7. The van der Waals surface area contributed by atoms with Crippen LogP contribution in [0.1, 0.15) is 73.6 Å². The second-order valence-corrected chi connectivity index (χ2v) is 7.00. The van der Waals surface area contributed by atoms with Crippen molar-refractivity contribution in [2.24, 2.45) is 0 Å². The normalized spacial score (nSPS) is 14.0. The first-order chi connectivity index (χ1) is 14.6. The van der Waals surface area contributed by atoms with Gasteiger partial charge in [-0.15, -0.1) is 0 Å². The average molecular weight is 473 g/mol. The van der Waals surface area contributed by atoms with E-state index in [1.165, 1.54) is 13.8 Å². The van der Waals surface area contributed by atoms with Crippen molar-refractivity contribution in [2.45, 2.75) is 104 Å². The van der Waals surface area contributed by atoms with Gasteiger partial charge in [-0.05, 0) is 33.1 Å². The van der Waals surface area contributed by atoms with Crippen LogP contribution in [0.5, 0.6) is 0 Å². The molecule has 32 heavy (non-hydrogen) atoms. The summed E-state index contributed by atoms with van der Waals surface area (Å²) in [5.41, 5.74) is 0. The Bertz CT molecular complexity index is 483. The number of aliphatic hydroxyl groups excluding tert-OH is 1. The average Bonchev–Trinajstić information content (AvgIpc) is 2.68. The van der Waals surface area contributed by atoms with E-state index in [-0.39, 0.29) is 65.8 Å². The maximum absolute atomic E-state index is 10.7. The Labute approximate surface area is 214 Å². The summed E-state index contributed by atoms with van der Waals surface area (Å²) in [4.78, 5) is 41.8. The molecule has 0 aliphatic rings. The van der Waals surface area contributed by atoms with Crippen molar-refractivity contribution in [1.82, 2.24) is 10.6 Å². The third-order valence-electron chi connectivity index (χ3n) is 4.07. The molecule has 0 saturated heterocycles. The predicted octanol–water partition coefficient (Wildman–Crippen LogP) is -2.56. The summed E-state index contributed by atoms with van der Waals surface area (Å²) < 4.78 is 9.99. The number of rotatable bonds is 14. The zero-order valence-electron chi connectivity index (χ0n) is 20.9. The Hall–Kier alpha value is -1.20. The number of hydrogen-bond donors (Lipinski definition) is 3. The van der Waals surface area contributed by atoms with E-state index in [0.29, 0.717) is 38.5 Å². The Morgan fingerprint density at radius 1 is 0.906 bits per heavy atom. The van der Waals surface area contributed by atoms with Crippen molar-refractivity contribution in [2.75, 3.05) is 7.11 Å². The summed E-state index contributed by atoms with van der Waals surface area (Å²) in [5, 5.41) is 23.0. The molecule has 0 rings (SSSR count). The molecule has 0 bridgehead atoms. The van der Waals surface area contributed by atoms with E-state index in [1.54, 1.807) is 6.92 Å². The minimum absolute atomic E-state index is 0. The van der Waals surface area contributed by atoms with Crippen LogP contribution >= 0.6 is 0 Å². The van der Waals surface area contributed by atoms with Crippen LogP contribution < -0.4 is 45.3 Å². The van der Waals surface area contributed by atoms with E-state index < -0.39 is 6.10 Å². The molecule has 3 N–H and O–H groups in total. The van der Waals surface area contributed by atoms with Gasteiger partial charge in [0.25, 0.3) is 0 Å². The molecule has 10 nitrogen and oxygen atoms in total. The minimum atomic E-state index is -0.443. The first-order valence-electron chi connectivity index (χ1n) is 10.4. The van der Waals surface area contributed by atoms with Crippen LogP contribution in [0.3, 0.4) is 0 Å². The van der Waals surface area contributed by atoms with Gasteiger partial charge in [0.2, 0.25) is 12.8 Å². The molecule has 2 amide bonds. The third-order valence-corrected chi connectivity index (χ3v) is 4.07. The van der Waals surface area contributed by atoms with Crippen molar-refractivity contribution >= 4 is 24.8 Å². The van der Waals surface area contributed by atoms with E-state index in [4.69, 9.17) is 14.6 Å². The van der Waals surface area contributed by atoms with E-state index >= 15 is 0 Å². The monoisotopic (exact) mass is 472 g/mol. The quantitative estimate of drug-likeness (QED) is 0.142. The molecular formula is C21H41N2NaO8. The molecule has 0 aromatic heterocycles. The van der Waals surface area contributed by atoms with Gasteiger partial charge in [0.05, 0.1) is 6.10 Å². The smallest absolute Gasteiger partial charge is 0.857 e. The summed E-state index contributed by atoms with van der Waals surface area (Å²) in [6, 6.07) is -0.122. The second kappa shape index (κ2) is 26.1. The van der Waals surface area contributed by atoms with Gasteiger partial charge < -0.3 is 30.3 Å². The largest absolute Gasteiger partial charge is 1.00 e. The van der Waals surface area contributed by atoms with Gasteiger partial charge in [-0.1, -0.05) is 13.8 Å². The van der Waals surface area contributed by atoms with Crippen LogP contribution in [-0.4, -0.2) is 67.4 Å². The number of carbonyl (C=O) groups excluding carboxylic acids is 4. The first-order valence-corrected chi connectivity index (χ1v) is 10.4. The van der Waals surface area contributed by atoms with Crippen molar-refractivity contribution in [3.8, 4) is 0 Å². The van der Waals surface area contributed by atoms with Gasteiger partial charge in [0.1, 0.15) is 12.2 Å². The van der Waals surface area contributed by atoms with Gasteiger partial charge in [-0.25, -0.2) is 0 Å². The number of ether oxygens (including phenoxy) is 2. The molecule has 0 aromatic rings. The Kier molecular flexibility index (Phi) is 31.0. The molecule has 0 spiro atoms. The summed E-state index contributed by atoms with van der Waals surface area (Å²) in [6.07, 6.45) is 3.51. The maximum Gasteiger partial charge on any atom is 1.00 e. The number of hydrogen-bond acceptors (Lipinski definition) is 8. The summed E-state index contributed by atoms with van der Waals surface area (Å²) >= 11 is 0. The zero-order valence-corrected chi connectivity index (χ0v) is 22.9. The van der Waals surface area contributed by atoms with Crippen molar-refractivity contribution < 1.29 is 68.4 Å². The molecule has 0 heterocycles. The Morgan fingerprint density at radius 3 is 1.78 bits per heavy atom.